The molecule has 0 saturated carbocycles. The lowest BCUT2D eigenvalue weighted by Crippen LogP contribution is -2.21. The van der Waals surface area contributed by atoms with Crippen LogP contribution in [0.15, 0.2) is 24.4 Å². The molecule has 0 unspecified atom stereocenters. The maximum Gasteiger partial charge on any atom is 0.345 e. The summed E-state index contributed by atoms with van der Waals surface area (Å²) in [5.41, 5.74) is 1.75. The molecule has 0 atom stereocenters. The van der Waals surface area contributed by atoms with Crippen molar-refractivity contribution >= 4 is 23.2 Å². The van der Waals surface area contributed by atoms with Gasteiger partial charge in [0.1, 0.15) is 4.88 Å². The van der Waals surface area contributed by atoms with E-state index in [1.54, 1.807) is 24.4 Å². The number of amides is 1. The van der Waals surface area contributed by atoms with Gasteiger partial charge in [-0.1, -0.05) is 0 Å². The summed E-state index contributed by atoms with van der Waals surface area (Å²) in [6.45, 7) is 0.336. The molecule has 3 heterocycles. The Morgan fingerprint density at radius 2 is 2.28 bits per heavy atom. The number of carbonyl (C=O) groups is 2. The predicted molar refractivity (Wildman–Crippen MR) is 65.7 cm³/mol. The van der Waals surface area contributed by atoms with E-state index in [1.807, 2.05) is 0 Å². The van der Waals surface area contributed by atoms with Gasteiger partial charge in [0.25, 0.3) is 5.91 Å². The average molecular weight is 260 g/mol. The average Bonchev–Trinajstić information content (AvgIpc) is 2.75. The first-order chi connectivity index (χ1) is 8.66. The molecular weight excluding hydrogens is 252 g/mol. The van der Waals surface area contributed by atoms with Gasteiger partial charge in [-0.25, -0.2) is 4.79 Å². The second-order valence-corrected chi connectivity index (χ2v) is 4.97. The van der Waals surface area contributed by atoms with E-state index in [2.05, 4.69) is 10.3 Å². The summed E-state index contributed by atoms with van der Waals surface area (Å²) in [5, 5.41) is 11.8. The van der Waals surface area contributed by atoms with E-state index in [-0.39, 0.29) is 10.8 Å². The molecule has 0 aromatic carbocycles. The van der Waals surface area contributed by atoms with E-state index in [1.165, 1.54) is 11.3 Å². The molecule has 2 aromatic rings. The van der Waals surface area contributed by atoms with Gasteiger partial charge >= 0.3 is 5.97 Å². The highest BCUT2D eigenvalue weighted by Gasteiger charge is 2.24. The Morgan fingerprint density at radius 1 is 1.44 bits per heavy atom. The van der Waals surface area contributed by atoms with Gasteiger partial charge in [0.05, 0.1) is 17.8 Å². The zero-order chi connectivity index (χ0) is 12.7. The fourth-order valence-electron chi connectivity index (χ4n) is 1.92. The van der Waals surface area contributed by atoms with Gasteiger partial charge in [-0.15, -0.1) is 11.3 Å². The molecule has 90 valence electrons. The van der Waals surface area contributed by atoms with Crippen molar-refractivity contribution in [3.63, 3.8) is 0 Å². The zero-order valence-corrected chi connectivity index (χ0v) is 9.95. The molecule has 1 amide bonds. The normalized spacial score (nSPS) is 13.2. The maximum absolute atomic E-state index is 11.8. The van der Waals surface area contributed by atoms with Crippen LogP contribution in [0.5, 0.6) is 0 Å². The Hall–Kier alpha value is -2.21. The molecule has 0 bridgehead atoms. The van der Waals surface area contributed by atoms with Crippen molar-refractivity contribution in [3.05, 3.63) is 39.7 Å². The van der Waals surface area contributed by atoms with Crippen molar-refractivity contribution in [2.45, 2.75) is 6.54 Å². The van der Waals surface area contributed by atoms with Crippen molar-refractivity contribution in [3.8, 4) is 11.3 Å². The number of hydrogen-bond donors (Lipinski definition) is 2. The molecule has 5 nitrogen and oxygen atoms in total. The number of thiophene rings is 1. The molecular formula is C12H8N2O3S. The van der Waals surface area contributed by atoms with Crippen LogP contribution in [0.3, 0.4) is 0 Å². The van der Waals surface area contributed by atoms with Crippen LogP contribution < -0.4 is 5.32 Å². The molecule has 0 radical (unpaired) electrons. The van der Waals surface area contributed by atoms with E-state index in [4.69, 9.17) is 5.11 Å². The van der Waals surface area contributed by atoms with Crippen molar-refractivity contribution in [1.29, 1.82) is 0 Å². The second-order valence-electron chi connectivity index (χ2n) is 3.83. The molecule has 0 saturated heterocycles. The Labute approximate surface area is 106 Å². The van der Waals surface area contributed by atoms with E-state index >= 15 is 0 Å². The quantitative estimate of drug-likeness (QED) is 0.818. The number of nitrogens with zero attached hydrogens (tertiary/aromatic N) is 1. The number of nitrogens with one attached hydrogen (secondary N) is 1. The number of aromatic nitrogens is 1. The summed E-state index contributed by atoms with van der Waals surface area (Å²) in [7, 11) is 0. The lowest BCUT2D eigenvalue weighted by atomic mass is 10.1. The van der Waals surface area contributed by atoms with Crippen LogP contribution in [-0.2, 0) is 6.54 Å². The number of carboxylic acids is 1. The minimum atomic E-state index is -0.961. The van der Waals surface area contributed by atoms with Crippen LogP contribution in [0.1, 0.15) is 24.9 Å². The van der Waals surface area contributed by atoms with Gasteiger partial charge in [-0.05, 0) is 18.2 Å². The first-order valence-electron chi connectivity index (χ1n) is 5.26. The summed E-state index contributed by atoms with van der Waals surface area (Å²) in [4.78, 5) is 28.1. The summed E-state index contributed by atoms with van der Waals surface area (Å²) in [6.07, 6.45) is 1.60. The Balaban J connectivity index is 2.25. The third-order valence-electron chi connectivity index (χ3n) is 2.74. The van der Waals surface area contributed by atoms with E-state index in [0.717, 1.165) is 10.4 Å². The van der Waals surface area contributed by atoms with E-state index in [9.17, 15) is 9.59 Å². The van der Waals surface area contributed by atoms with Crippen LogP contribution in [0.2, 0.25) is 0 Å². The number of fused-ring (bicyclic) bond motifs is 3. The van der Waals surface area contributed by atoms with Crippen LogP contribution >= 0.6 is 11.3 Å². The summed E-state index contributed by atoms with van der Waals surface area (Å²) < 4.78 is 0. The standard InChI is InChI=1S/C12H8N2O3S/c15-11-6-2-1-3-13-10(6)7-4-8(12(16)17)18-9(7)5-14-11/h1-4H,5H2,(H,14,15)(H,16,17). The highest BCUT2D eigenvalue weighted by Crippen LogP contribution is 2.34. The molecule has 2 aromatic heterocycles. The summed E-state index contributed by atoms with van der Waals surface area (Å²) in [5.74, 6) is -1.14. The van der Waals surface area contributed by atoms with Gasteiger partial charge in [0.15, 0.2) is 0 Å². The SMILES string of the molecule is O=C(O)c1cc2c(s1)CNC(=O)c1cccnc1-2. The third-order valence-corrected chi connectivity index (χ3v) is 3.86. The first kappa shape index (κ1) is 10.9. The highest BCUT2D eigenvalue weighted by atomic mass is 32.1. The molecule has 0 spiro atoms. The van der Waals surface area contributed by atoms with E-state index in [0.29, 0.717) is 17.8 Å². The van der Waals surface area contributed by atoms with Crippen molar-refractivity contribution in [2.24, 2.45) is 0 Å². The molecule has 3 rings (SSSR count). The molecule has 1 aliphatic heterocycles. The molecule has 0 aliphatic carbocycles. The lowest BCUT2D eigenvalue weighted by Gasteiger charge is -2.02. The van der Waals surface area contributed by atoms with Gasteiger partial charge in [0.2, 0.25) is 0 Å². The molecule has 1 aliphatic rings. The summed E-state index contributed by atoms with van der Waals surface area (Å²) >= 11 is 1.17. The van der Waals surface area contributed by atoms with Crippen LogP contribution in [-0.4, -0.2) is 22.0 Å². The predicted octanol–water partition coefficient (Wildman–Crippen LogP) is 1.75. The monoisotopic (exact) mass is 260 g/mol. The van der Waals surface area contributed by atoms with Gasteiger partial charge in [-0.2, -0.15) is 0 Å². The topological polar surface area (TPSA) is 79.3 Å². The molecule has 2 N–H and O–H groups in total. The van der Waals surface area contributed by atoms with Gasteiger partial charge in [-0.3, -0.25) is 9.78 Å². The zero-order valence-electron chi connectivity index (χ0n) is 9.14. The van der Waals surface area contributed by atoms with Crippen LogP contribution in [0.25, 0.3) is 11.3 Å². The number of carbonyl (C=O) groups excluding carboxylic acids is 1. The van der Waals surface area contributed by atoms with Crippen molar-refractivity contribution in [1.82, 2.24) is 10.3 Å². The Kier molecular flexibility index (Phi) is 2.38. The minimum Gasteiger partial charge on any atom is -0.477 e. The second kappa shape index (κ2) is 3.92. The molecule has 0 fully saturated rings. The van der Waals surface area contributed by atoms with Crippen LogP contribution in [0.4, 0.5) is 0 Å². The molecule has 6 heteroatoms. The fourth-order valence-corrected chi connectivity index (χ4v) is 2.86. The van der Waals surface area contributed by atoms with Crippen LogP contribution in [0, 0.1) is 0 Å². The van der Waals surface area contributed by atoms with Crippen molar-refractivity contribution < 1.29 is 14.7 Å². The first-order valence-corrected chi connectivity index (χ1v) is 6.08. The number of aromatic carboxylic acids is 1. The Morgan fingerprint density at radius 3 is 3.06 bits per heavy atom. The number of rotatable bonds is 1. The van der Waals surface area contributed by atoms with Crippen molar-refractivity contribution in [2.75, 3.05) is 0 Å². The largest absolute Gasteiger partial charge is 0.477 e. The third kappa shape index (κ3) is 1.58. The fraction of sp³-hybridized carbons (Fsp3) is 0.0833. The van der Waals surface area contributed by atoms with Gasteiger partial charge in [0, 0.05) is 16.6 Å². The molecule has 18 heavy (non-hydrogen) atoms. The highest BCUT2D eigenvalue weighted by molar-refractivity contribution is 7.14. The number of hydrogen-bond acceptors (Lipinski definition) is 4. The Bertz CT molecular complexity index is 663. The number of pyridine rings is 1. The number of carboxylic acid groups (broad SMARTS) is 1. The van der Waals surface area contributed by atoms with Gasteiger partial charge < -0.3 is 10.4 Å². The summed E-state index contributed by atoms with van der Waals surface area (Å²) in [6, 6.07) is 4.95. The van der Waals surface area contributed by atoms with E-state index < -0.39 is 5.97 Å². The smallest absolute Gasteiger partial charge is 0.345 e. The lowest BCUT2D eigenvalue weighted by molar-refractivity contribution is 0.0702. The minimum absolute atomic E-state index is 0.182. The maximum atomic E-state index is 11.8.